The molecule has 1 atom stereocenters. The van der Waals surface area contributed by atoms with Gasteiger partial charge in [0.15, 0.2) is 0 Å². The van der Waals surface area contributed by atoms with E-state index in [2.05, 4.69) is 20.9 Å². The highest BCUT2D eigenvalue weighted by atomic mass is 35.5. The molecule has 1 aliphatic heterocycles. The number of phenolic OH excluding ortho intramolecular Hbond substituents is 1. The second-order valence-electron chi connectivity index (χ2n) is 11.1. The maximum absolute atomic E-state index is 12.8. The van der Waals surface area contributed by atoms with Crippen LogP contribution in [0.1, 0.15) is 39.2 Å². The fourth-order valence-electron chi connectivity index (χ4n) is 5.01. The summed E-state index contributed by atoms with van der Waals surface area (Å²) in [4.78, 5) is 24.0. The van der Waals surface area contributed by atoms with Crippen LogP contribution < -0.4 is 5.32 Å². The van der Waals surface area contributed by atoms with E-state index in [0.717, 1.165) is 40.7 Å². The number of phenols is 1. The Kier molecular flexibility index (Phi) is 7.66. The molecule has 5 rings (SSSR count). The van der Waals surface area contributed by atoms with Crippen molar-refractivity contribution in [3.63, 3.8) is 0 Å². The lowest BCUT2D eigenvalue weighted by atomic mass is 9.98. The first-order valence-electron chi connectivity index (χ1n) is 13.3. The predicted molar refractivity (Wildman–Crippen MR) is 154 cm³/mol. The number of hydrogen-bond donors (Lipinski definition) is 2. The number of anilines is 1. The molecule has 3 heterocycles. The molecule has 0 aliphatic carbocycles. The molecule has 8 nitrogen and oxygen atoms in total. The first-order valence-corrected chi connectivity index (χ1v) is 13.6. The Hall–Kier alpha value is -3.78. The van der Waals surface area contributed by atoms with E-state index in [0.29, 0.717) is 37.1 Å². The molecule has 1 saturated heterocycles. The smallest absolute Gasteiger partial charge is 0.410 e. The third-order valence-corrected chi connectivity index (χ3v) is 7.09. The van der Waals surface area contributed by atoms with Crippen molar-refractivity contribution in [2.24, 2.45) is 5.92 Å². The Morgan fingerprint density at radius 1 is 1.18 bits per heavy atom. The van der Waals surface area contributed by atoms with Crippen molar-refractivity contribution < 1.29 is 14.6 Å². The van der Waals surface area contributed by atoms with Gasteiger partial charge in [-0.1, -0.05) is 41.9 Å². The summed E-state index contributed by atoms with van der Waals surface area (Å²) < 4.78 is 7.84. The van der Waals surface area contributed by atoms with Gasteiger partial charge in [-0.3, -0.25) is 0 Å². The molecule has 2 aromatic heterocycles. The van der Waals surface area contributed by atoms with E-state index >= 15 is 0 Å². The zero-order chi connectivity index (χ0) is 27.6. The Labute approximate surface area is 233 Å². The molecule has 39 heavy (non-hydrogen) atoms. The van der Waals surface area contributed by atoms with Crippen molar-refractivity contribution in [2.75, 3.05) is 18.4 Å². The summed E-state index contributed by atoms with van der Waals surface area (Å²) >= 11 is 6.64. The third-order valence-electron chi connectivity index (χ3n) is 6.76. The highest BCUT2D eigenvalue weighted by Gasteiger charge is 2.29. The summed E-state index contributed by atoms with van der Waals surface area (Å²) in [7, 11) is 0. The molecule has 0 saturated carbocycles. The van der Waals surface area contributed by atoms with Gasteiger partial charge in [0.05, 0.1) is 5.69 Å². The molecule has 1 fully saturated rings. The van der Waals surface area contributed by atoms with E-state index in [1.165, 1.54) is 0 Å². The number of amides is 1. The Morgan fingerprint density at radius 2 is 2.00 bits per heavy atom. The maximum atomic E-state index is 12.8. The minimum Gasteiger partial charge on any atom is -0.508 e. The van der Waals surface area contributed by atoms with Gasteiger partial charge in [-0.15, -0.1) is 0 Å². The quantitative estimate of drug-likeness (QED) is 0.278. The van der Waals surface area contributed by atoms with E-state index in [-0.39, 0.29) is 17.8 Å². The first-order chi connectivity index (χ1) is 18.7. The van der Waals surface area contributed by atoms with Crippen molar-refractivity contribution in [1.29, 1.82) is 0 Å². The number of nitrogens with one attached hydrogen (secondary N) is 1. The lowest BCUT2D eigenvalue weighted by Crippen LogP contribution is -2.43. The zero-order valence-corrected chi connectivity index (χ0v) is 23.3. The topological polar surface area (TPSA) is 92.5 Å². The van der Waals surface area contributed by atoms with Gasteiger partial charge >= 0.3 is 6.09 Å². The van der Waals surface area contributed by atoms with E-state index in [1.807, 2.05) is 68.3 Å². The number of benzene rings is 2. The van der Waals surface area contributed by atoms with Crippen LogP contribution >= 0.6 is 11.6 Å². The van der Waals surface area contributed by atoms with Crippen molar-refractivity contribution >= 4 is 34.7 Å². The van der Waals surface area contributed by atoms with Crippen LogP contribution in [0.4, 0.5) is 10.7 Å². The summed E-state index contributed by atoms with van der Waals surface area (Å²) in [6.07, 6.45) is 3.46. The molecule has 204 valence electrons. The van der Waals surface area contributed by atoms with Crippen LogP contribution in [0.15, 0.2) is 60.8 Å². The fourth-order valence-corrected chi connectivity index (χ4v) is 5.25. The van der Waals surface area contributed by atoms with Crippen LogP contribution in [0.3, 0.4) is 0 Å². The number of piperidine rings is 1. The second-order valence-corrected chi connectivity index (χ2v) is 11.5. The number of carbonyl (C=O) groups is 1. The molecule has 4 aromatic rings. The van der Waals surface area contributed by atoms with Gasteiger partial charge in [-0.2, -0.15) is 4.98 Å². The van der Waals surface area contributed by atoms with Crippen LogP contribution in [0, 0.1) is 5.92 Å². The SMILES string of the molecule is CC(C)(C)OC(=O)N1CCC[C@@H](Cn2c(-c3ccccc3Cl)cc3cnc(NCc4cccc(O)c4)nc32)C1. The number of aromatic nitrogens is 3. The largest absolute Gasteiger partial charge is 0.508 e. The number of ether oxygens (including phenoxy) is 1. The Balaban J connectivity index is 1.45. The second kappa shape index (κ2) is 11.1. The van der Waals surface area contributed by atoms with Gasteiger partial charge in [-0.05, 0) is 69.4 Å². The summed E-state index contributed by atoms with van der Waals surface area (Å²) in [6, 6.07) is 17.0. The number of rotatable bonds is 6. The van der Waals surface area contributed by atoms with Crippen LogP contribution in [-0.2, 0) is 17.8 Å². The standard InChI is InChI=1S/C30H34ClN5O3/c1-30(2,3)39-29(38)35-13-7-9-21(18-35)19-36-26(24-11-4-5-12-25(24)31)15-22-17-33-28(34-27(22)36)32-16-20-8-6-10-23(37)14-20/h4-6,8,10-12,14-15,17,21,37H,7,9,13,16,18-19H2,1-3H3,(H,32,33,34)/t21-/m1/s1. The molecule has 0 spiro atoms. The van der Waals surface area contributed by atoms with Gasteiger partial charge in [0, 0.05) is 48.3 Å². The summed E-state index contributed by atoms with van der Waals surface area (Å²) in [5, 5.41) is 14.6. The number of halogens is 1. The van der Waals surface area contributed by atoms with E-state index in [1.54, 1.807) is 12.1 Å². The van der Waals surface area contributed by atoms with Gasteiger partial charge in [0.1, 0.15) is 17.0 Å². The average Bonchev–Trinajstić information content (AvgIpc) is 3.24. The molecular formula is C30H34ClN5O3. The molecule has 2 aromatic carbocycles. The predicted octanol–water partition coefficient (Wildman–Crippen LogP) is 6.72. The van der Waals surface area contributed by atoms with E-state index in [9.17, 15) is 9.90 Å². The van der Waals surface area contributed by atoms with Crippen LogP contribution in [0.25, 0.3) is 22.3 Å². The van der Waals surface area contributed by atoms with Crippen LogP contribution in [0.5, 0.6) is 5.75 Å². The number of fused-ring (bicyclic) bond motifs is 1. The normalized spacial score (nSPS) is 15.9. The first kappa shape index (κ1) is 26.8. The third kappa shape index (κ3) is 6.45. The molecule has 0 radical (unpaired) electrons. The molecule has 1 amide bonds. The van der Waals surface area contributed by atoms with Gasteiger partial charge < -0.3 is 24.6 Å². The molecule has 2 N–H and O–H groups in total. The molecule has 1 aliphatic rings. The minimum absolute atomic E-state index is 0.219. The summed E-state index contributed by atoms with van der Waals surface area (Å²) in [5.74, 6) is 0.938. The highest BCUT2D eigenvalue weighted by Crippen LogP contribution is 2.34. The van der Waals surface area contributed by atoms with Crippen LogP contribution in [0.2, 0.25) is 5.02 Å². The lowest BCUT2D eigenvalue weighted by molar-refractivity contribution is 0.0158. The molecule has 9 heteroatoms. The average molecular weight is 548 g/mol. The fraction of sp³-hybridized carbons (Fsp3) is 0.367. The number of likely N-dealkylation sites (tertiary alicyclic amines) is 1. The van der Waals surface area contributed by atoms with Gasteiger partial charge in [0.25, 0.3) is 0 Å². The Bertz CT molecular complexity index is 1480. The monoisotopic (exact) mass is 547 g/mol. The molecule has 0 bridgehead atoms. The number of aromatic hydroxyl groups is 1. The maximum Gasteiger partial charge on any atom is 0.410 e. The lowest BCUT2D eigenvalue weighted by Gasteiger charge is -2.34. The Morgan fingerprint density at radius 3 is 2.77 bits per heavy atom. The molecule has 0 unspecified atom stereocenters. The van der Waals surface area contributed by atoms with Crippen molar-refractivity contribution in [3.05, 3.63) is 71.4 Å². The summed E-state index contributed by atoms with van der Waals surface area (Å²) in [6.45, 7) is 8.13. The number of carbonyl (C=O) groups excluding carboxylic acids is 1. The van der Waals surface area contributed by atoms with Crippen molar-refractivity contribution in [1.82, 2.24) is 19.4 Å². The van der Waals surface area contributed by atoms with Gasteiger partial charge in [-0.25, -0.2) is 9.78 Å². The number of hydrogen-bond acceptors (Lipinski definition) is 6. The van der Waals surface area contributed by atoms with Crippen molar-refractivity contribution in [3.8, 4) is 17.0 Å². The zero-order valence-electron chi connectivity index (χ0n) is 22.5. The van der Waals surface area contributed by atoms with E-state index in [4.69, 9.17) is 21.3 Å². The highest BCUT2D eigenvalue weighted by molar-refractivity contribution is 6.33. The number of nitrogens with zero attached hydrogens (tertiary/aromatic N) is 4. The van der Waals surface area contributed by atoms with Crippen molar-refractivity contribution in [2.45, 2.75) is 52.3 Å². The summed E-state index contributed by atoms with van der Waals surface area (Å²) in [5.41, 5.74) is 3.08. The minimum atomic E-state index is -0.531. The molecular weight excluding hydrogens is 514 g/mol. The van der Waals surface area contributed by atoms with Gasteiger partial charge in [0.2, 0.25) is 5.95 Å². The van der Waals surface area contributed by atoms with Crippen LogP contribution in [-0.4, -0.2) is 49.3 Å². The van der Waals surface area contributed by atoms with E-state index < -0.39 is 5.60 Å².